The Balaban J connectivity index is 3.64. The molecule has 0 aliphatic heterocycles. The highest BCUT2D eigenvalue weighted by molar-refractivity contribution is 7.87. The van der Waals surface area contributed by atoms with Gasteiger partial charge < -0.3 is 9.64 Å². The van der Waals surface area contributed by atoms with Crippen LogP contribution in [-0.2, 0) is 14.9 Å². The number of nitrogens with zero attached hydrogens (tertiary/aromatic N) is 1. The van der Waals surface area contributed by atoms with E-state index >= 15 is 0 Å². The lowest BCUT2D eigenvalue weighted by molar-refractivity contribution is 0.0837. The molecule has 0 saturated carbocycles. The van der Waals surface area contributed by atoms with Crippen molar-refractivity contribution in [3.05, 3.63) is 0 Å². The number of rotatable bonds is 7. The van der Waals surface area contributed by atoms with Gasteiger partial charge in [0.05, 0.1) is 6.10 Å². The van der Waals surface area contributed by atoms with Gasteiger partial charge in [-0.05, 0) is 26.7 Å². The number of carbonyl (C=O) groups is 1. The predicted octanol–water partition coefficient (Wildman–Crippen LogP) is 0.0365. The fourth-order valence-corrected chi connectivity index (χ4v) is 1.50. The quantitative estimate of drug-likeness (QED) is 0.636. The zero-order valence-electron chi connectivity index (χ0n) is 10.5. The largest absolute Gasteiger partial charge is 0.447 e. The van der Waals surface area contributed by atoms with Crippen LogP contribution in [0.25, 0.3) is 0 Å². The Labute approximate surface area is 102 Å². The molecule has 0 aromatic heterocycles. The molecule has 0 atom stereocenters. The van der Waals surface area contributed by atoms with Crippen LogP contribution in [0.4, 0.5) is 4.79 Å². The minimum atomic E-state index is -3.61. The van der Waals surface area contributed by atoms with E-state index in [0.717, 1.165) is 0 Å². The smallest absolute Gasteiger partial charge is 0.409 e. The van der Waals surface area contributed by atoms with Crippen LogP contribution in [0.3, 0.4) is 0 Å². The van der Waals surface area contributed by atoms with Gasteiger partial charge in [0.2, 0.25) is 0 Å². The van der Waals surface area contributed by atoms with E-state index in [1.54, 1.807) is 20.9 Å². The molecule has 17 heavy (non-hydrogen) atoms. The first kappa shape index (κ1) is 16.1. The summed E-state index contributed by atoms with van der Waals surface area (Å²) in [6.07, 6.45) is 0.760. The van der Waals surface area contributed by atoms with Crippen LogP contribution in [0.5, 0.6) is 0 Å². The van der Waals surface area contributed by atoms with Crippen molar-refractivity contribution < 1.29 is 17.9 Å². The number of unbranched alkanes of at least 4 members (excludes halogenated alkanes) is 1. The molecular weight excluding hydrogens is 246 g/mol. The molecule has 0 spiro atoms. The molecule has 8 heteroatoms. The number of nitrogens with two attached hydrogens (primary N) is 1. The minimum Gasteiger partial charge on any atom is -0.447 e. The van der Waals surface area contributed by atoms with Gasteiger partial charge in [-0.2, -0.15) is 8.42 Å². The second-order valence-corrected chi connectivity index (χ2v) is 5.38. The molecule has 1 amide bonds. The molecule has 0 heterocycles. The van der Waals surface area contributed by atoms with Gasteiger partial charge in [-0.3, -0.25) is 0 Å². The van der Waals surface area contributed by atoms with Gasteiger partial charge in [0.25, 0.3) is 10.2 Å². The zero-order chi connectivity index (χ0) is 13.5. The first-order chi connectivity index (χ1) is 7.72. The fraction of sp³-hybridized carbons (Fsp3) is 0.889. The number of hydrogen-bond donors (Lipinski definition) is 2. The Morgan fingerprint density at radius 2 is 2.00 bits per heavy atom. The molecule has 3 N–H and O–H groups in total. The van der Waals surface area contributed by atoms with Crippen molar-refractivity contribution >= 4 is 16.3 Å². The van der Waals surface area contributed by atoms with Crippen molar-refractivity contribution in [3.63, 3.8) is 0 Å². The summed E-state index contributed by atoms with van der Waals surface area (Å²) in [7, 11) is -1.98. The van der Waals surface area contributed by atoms with Gasteiger partial charge in [-0.1, -0.05) is 0 Å². The molecule has 0 aliphatic carbocycles. The first-order valence-corrected chi connectivity index (χ1v) is 6.96. The standard InChI is InChI=1S/C9H21N3O4S/c1-8(2)16-9(13)12(3)7-5-4-6-11-17(10,14)15/h8,11H,4-7H2,1-3H3,(H2,10,14,15). The van der Waals surface area contributed by atoms with E-state index in [4.69, 9.17) is 9.88 Å². The number of ether oxygens (including phenoxy) is 1. The van der Waals surface area contributed by atoms with Crippen LogP contribution in [0.15, 0.2) is 0 Å². The van der Waals surface area contributed by atoms with Crippen molar-refractivity contribution in [1.82, 2.24) is 9.62 Å². The van der Waals surface area contributed by atoms with Crippen LogP contribution < -0.4 is 9.86 Å². The molecule has 0 fully saturated rings. The lowest BCUT2D eigenvalue weighted by Crippen LogP contribution is -2.33. The van der Waals surface area contributed by atoms with Crippen LogP contribution in [0.2, 0.25) is 0 Å². The second-order valence-electron chi connectivity index (χ2n) is 4.00. The van der Waals surface area contributed by atoms with Crippen LogP contribution in [0.1, 0.15) is 26.7 Å². The van der Waals surface area contributed by atoms with Crippen molar-refractivity contribution in [1.29, 1.82) is 0 Å². The third-order valence-electron chi connectivity index (χ3n) is 1.87. The second kappa shape index (κ2) is 7.46. The number of amides is 1. The summed E-state index contributed by atoms with van der Waals surface area (Å²) in [5, 5.41) is 4.76. The molecule has 0 unspecified atom stereocenters. The Hall–Kier alpha value is -0.860. The highest BCUT2D eigenvalue weighted by Crippen LogP contribution is 1.98. The maximum atomic E-state index is 11.3. The Bertz CT molecular complexity index is 329. The summed E-state index contributed by atoms with van der Waals surface area (Å²) in [4.78, 5) is 12.8. The van der Waals surface area contributed by atoms with E-state index in [9.17, 15) is 13.2 Å². The molecule has 0 aromatic rings. The van der Waals surface area contributed by atoms with Crippen LogP contribution in [-0.4, -0.2) is 45.7 Å². The molecular formula is C9H21N3O4S. The Kier molecular flexibility index (Phi) is 7.09. The van der Waals surface area contributed by atoms with Crippen molar-refractivity contribution in [3.8, 4) is 0 Å². The summed E-state index contributed by atoms with van der Waals surface area (Å²) in [6.45, 7) is 4.34. The highest BCUT2D eigenvalue weighted by Gasteiger charge is 2.10. The van der Waals surface area contributed by atoms with Crippen LogP contribution >= 0.6 is 0 Å². The van der Waals surface area contributed by atoms with Gasteiger partial charge in [0, 0.05) is 20.1 Å². The fourth-order valence-electron chi connectivity index (χ4n) is 1.07. The van der Waals surface area contributed by atoms with Gasteiger partial charge >= 0.3 is 6.09 Å². The molecule has 0 bridgehead atoms. The molecule has 0 saturated heterocycles. The van der Waals surface area contributed by atoms with E-state index in [2.05, 4.69) is 4.72 Å². The number of carbonyl (C=O) groups excluding carboxylic acids is 1. The monoisotopic (exact) mass is 267 g/mol. The highest BCUT2D eigenvalue weighted by atomic mass is 32.2. The number of nitrogens with one attached hydrogen (secondary N) is 1. The van der Waals surface area contributed by atoms with Gasteiger partial charge in [0.1, 0.15) is 0 Å². The van der Waals surface area contributed by atoms with Crippen LogP contribution in [0, 0.1) is 0 Å². The van der Waals surface area contributed by atoms with Gasteiger partial charge in [0.15, 0.2) is 0 Å². The molecule has 0 rings (SSSR count). The predicted molar refractivity (Wildman–Crippen MR) is 64.6 cm³/mol. The Morgan fingerprint density at radius 3 is 2.47 bits per heavy atom. The SMILES string of the molecule is CC(C)OC(=O)N(C)CCCCNS(N)(=O)=O. The number of hydrogen-bond acceptors (Lipinski definition) is 4. The van der Waals surface area contributed by atoms with Crippen molar-refractivity contribution in [2.45, 2.75) is 32.8 Å². The molecule has 102 valence electrons. The van der Waals surface area contributed by atoms with E-state index in [1.165, 1.54) is 4.90 Å². The van der Waals surface area contributed by atoms with Gasteiger partial charge in [-0.25, -0.2) is 14.7 Å². The molecule has 0 aliphatic rings. The minimum absolute atomic E-state index is 0.144. The lowest BCUT2D eigenvalue weighted by atomic mass is 10.3. The Morgan fingerprint density at radius 1 is 1.41 bits per heavy atom. The lowest BCUT2D eigenvalue weighted by Gasteiger charge is -2.18. The summed E-state index contributed by atoms with van der Waals surface area (Å²) in [5.41, 5.74) is 0. The zero-order valence-corrected chi connectivity index (χ0v) is 11.3. The first-order valence-electron chi connectivity index (χ1n) is 5.41. The normalized spacial score (nSPS) is 11.6. The van der Waals surface area contributed by atoms with Gasteiger partial charge in [-0.15, -0.1) is 0 Å². The maximum Gasteiger partial charge on any atom is 0.409 e. The van der Waals surface area contributed by atoms with E-state index in [-0.39, 0.29) is 18.7 Å². The average Bonchev–Trinajstić information content (AvgIpc) is 2.13. The molecule has 0 aromatic carbocycles. The van der Waals surface area contributed by atoms with Crippen molar-refractivity contribution in [2.75, 3.05) is 20.1 Å². The maximum absolute atomic E-state index is 11.3. The van der Waals surface area contributed by atoms with Crippen molar-refractivity contribution in [2.24, 2.45) is 5.14 Å². The van der Waals surface area contributed by atoms with E-state index in [0.29, 0.717) is 19.4 Å². The summed E-state index contributed by atoms with van der Waals surface area (Å²) in [6, 6.07) is 0. The third-order valence-corrected chi connectivity index (χ3v) is 2.48. The summed E-state index contributed by atoms with van der Waals surface area (Å²) >= 11 is 0. The summed E-state index contributed by atoms with van der Waals surface area (Å²) < 4.78 is 28.2. The molecule has 0 radical (unpaired) electrons. The van der Waals surface area contributed by atoms with E-state index < -0.39 is 10.2 Å². The topological polar surface area (TPSA) is 102 Å². The third kappa shape index (κ3) is 10.0. The molecule has 7 nitrogen and oxygen atoms in total. The van der Waals surface area contributed by atoms with E-state index in [1.807, 2.05) is 0 Å². The summed E-state index contributed by atoms with van der Waals surface area (Å²) in [5.74, 6) is 0. The average molecular weight is 267 g/mol.